The standard InChI is InChI=1S/C24H27F5N4O2S/c25-36(26,27,28,29)19-5-3-18(4-6-19)24(34)33-12-1-2-16(8-13-33)20-7-11-30-23-21(20)31-22(32-23)17-9-14-35-15-10-17/h3-7,11,16-17H,1-2,8-10,12-15H2,(H,30,31,32)/t16-/m0/s1. The van der Waals surface area contributed by atoms with E-state index in [0.29, 0.717) is 50.7 Å². The van der Waals surface area contributed by atoms with Crippen LogP contribution in [0, 0.1) is 0 Å². The molecule has 1 amide bonds. The van der Waals surface area contributed by atoms with E-state index in [-0.39, 0.29) is 23.6 Å². The summed E-state index contributed by atoms with van der Waals surface area (Å²) < 4.78 is 70.4. The average Bonchev–Trinajstić information content (AvgIpc) is 3.13. The summed E-state index contributed by atoms with van der Waals surface area (Å²) in [6, 6.07) is 4.20. The fourth-order valence-electron chi connectivity index (χ4n) is 5.10. The molecule has 2 aliphatic heterocycles. The zero-order valence-corrected chi connectivity index (χ0v) is 20.3. The van der Waals surface area contributed by atoms with Gasteiger partial charge in [0.1, 0.15) is 10.7 Å². The molecule has 0 unspecified atom stereocenters. The quantitative estimate of drug-likeness (QED) is 0.372. The number of hydrogen-bond acceptors (Lipinski definition) is 4. The van der Waals surface area contributed by atoms with Gasteiger partial charge in [0.15, 0.2) is 5.65 Å². The summed E-state index contributed by atoms with van der Waals surface area (Å²) in [5.41, 5.74) is 2.60. The number of carbonyl (C=O) groups is 1. The van der Waals surface area contributed by atoms with Crippen molar-refractivity contribution in [2.75, 3.05) is 26.3 Å². The maximum atomic E-state index is 13.0. The van der Waals surface area contributed by atoms with Gasteiger partial charge in [-0.3, -0.25) is 4.79 Å². The van der Waals surface area contributed by atoms with E-state index in [1.165, 1.54) is 0 Å². The predicted octanol–water partition coefficient (Wildman–Crippen LogP) is 6.92. The summed E-state index contributed by atoms with van der Waals surface area (Å²) in [6.07, 6.45) is 5.71. The van der Waals surface area contributed by atoms with Crippen LogP contribution in [0.4, 0.5) is 19.4 Å². The number of benzene rings is 1. The molecular formula is C24H27F5N4O2S. The number of carbonyl (C=O) groups excluding carboxylic acids is 1. The van der Waals surface area contributed by atoms with Crippen LogP contribution in [0.15, 0.2) is 41.4 Å². The third-order valence-corrected chi connectivity index (χ3v) is 8.22. The van der Waals surface area contributed by atoms with Crippen LogP contribution in [0.5, 0.6) is 0 Å². The molecule has 3 aromatic rings. The van der Waals surface area contributed by atoms with E-state index in [0.717, 1.165) is 48.3 Å². The van der Waals surface area contributed by atoms with Gasteiger partial charge < -0.3 is 14.6 Å². The molecule has 0 saturated carbocycles. The van der Waals surface area contributed by atoms with Crippen LogP contribution >= 0.6 is 10.2 Å². The fraction of sp³-hybridized carbons (Fsp3) is 0.458. The second-order valence-electron chi connectivity index (χ2n) is 9.52. The number of nitrogens with one attached hydrogen (secondary N) is 1. The van der Waals surface area contributed by atoms with Crippen molar-refractivity contribution in [1.82, 2.24) is 19.9 Å². The molecule has 196 valence electrons. The van der Waals surface area contributed by atoms with Crippen molar-refractivity contribution in [3.63, 3.8) is 0 Å². The highest BCUT2D eigenvalue weighted by atomic mass is 32.5. The molecule has 12 heteroatoms. The maximum Gasteiger partial charge on any atom is 0.310 e. The predicted molar refractivity (Wildman–Crippen MR) is 127 cm³/mol. The molecule has 1 N–H and O–H groups in total. The average molecular weight is 531 g/mol. The Balaban J connectivity index is 1.31. The summed E-state index contributed by atoms with van der Waals surface area (Å²) in [7, 11) is -9.77. The number of likely N-dealkylation sites (tertiary alicyclic amines) is 1. The molecule has 1 atom stereocenters. The first-order chi connectivity index (χ1) is 16.9. The van der Waals surface area contributed by atoms with E-state index >= 15 is 0 Å². The minimum atomic E-state index is -9.77. The minimum absolute atomic E-state index is 0.0416. The van der Waals surface area contributed by atoms with Gasteiger partial charge in [-0.1, -0.05) is 19.4 Å². The fourth-order valence-corrected chi connectivity index (χ4v) is 5.75. The van der Waals surface area contributed by atoms with Gasteiger partial charge in [0.05, 0.1) is 5.52 Å². The van der Waals surface area contributed by atoms with E-state index in [1.54, 1.807) is 11.1 Å². The van der Waals surface area contributed by atoms with E-state index in [2.05, 4.69) is 9.97 Å². The molecule has 2 aromatic heterocycles. The number of amides is 1. The molecule has 0 bridgehead atoms. The van der Waals surface area contributed by atoms with E-state index in [4.69, 9.17) is 9.72 Å². The smallest absolute Gasteiger partial charge is 0.310 e. The number of ether oxygens (including phenoxy) is 1. The Hall–Kier alpha value is -2.73. The first kappa shape index (κ1) is 24.9. The molecule has 0 aliphatic carbocycles. The van der Waals surface area contributed by atoms with Gasteiger partial charge >= 0.3 is 10.2 Å². The molecule has 1 aromatic carbocycles. The van der Waals surface area contributed by atoms with Gasteiger partial charge in [0, 0.05) is 44.0 Å². The van der Waals surface area contributed by atoms with Crippen molar-refractivity contribution >= 4 is 27.3 Å². The highest BCUT2D eigenvalue weighted by Crippen LogP contribution is 3.02. The summed E-state index contributed by atoms with van der Waals surface area (Å²) >= 11 is 0. The first-order valence-corrected chi connectivity index (χ1v) is 13.9. The van der Waals surface area contributed by atoms with E-state index in [9.17, 15) is 24.2 Å². The second-order valence-corrected chi connectivity index (χ2v) is 11.9. The maximum absolute atomic E-state index is 13.0. The Morgan fingerprint density at radius 3 is 2.36 bits per heavy atom. The number of hydrogen-bond donors (Lipinski definition) is 1. The van der Waals surface area contributed by atoms with Gasteiger partial charge in [0.2, 0.25) is 0 Å². The number of nitrogens with zero attached hydrogens (tertiary/aromatic N) is 3. The van der Waals surface area contributed by atoms with Gasteiger partial charge in [-0.2, -0.15) is 0 Å². The lowest BCUT2D eigenvalue weighted by Gasteiger charge is -2.40. The van der Waals surface area contributed by atoms with Gasteiger partial charge in [-0.05, 0) is 73.9 Å². The van der Waals surface area contributed by atoms with Gasteiger partial charge in [-0.15, -0.1) is 0 Å². The minimum Gasteiger partial charge on any atom is -0.381 e. The number of fused-ring (bicyclic) bond motifs is 1. The molecule has 0 spiro atoms. The molecule has 36 heavy (non-hydrogen) atoms. The molecule has 6 nitrogen and oxygen atoms in total. The van der Waals surface area contributed by atoms with Crippen LogP contribution in [-0.4, -0.2) is 52.1 Å². The number of rotatable bonds is 4. The van der Waals surface area contributed by atoms with E-state index in [1.807, 2.05) is 6.07 Å². The van der Waals surface area contributed by atoms with Gasteiger partial charge in [-0.25, -0.2) is 9.97 Å². The molecule has 5 rings (SSSR count). The Labute approximate surface area is 205 Å². The summed E-state index contributed by atoms with van der Waals surface area (Å²) in [5.74, 6) is 0.890. The van der Waals surface area contributed by atoms with Crippen molar-refractivity contribution in [3.8, 4) is 0 Å². The van der Waals surface area contributed by atoms with Crippen molar-refractivity contribution in [2.24, 2.45) is 0 Å². The van der Waals surface area contributed by atoms with Crippen LogP contribution in [0.2, 0.25) is 0 Å². The Bertz CT molecular complexity index is 1270. The third kappa shape index (κ3) is 5.19. The highest BCUT2D eigenvalue weighted by molar-refractivity contribution is 8.45. The van der Waals surface area contributed by atoms with Crippen LogP contribution in [-0.2, 0) is 4.74 Å². The zero-order chi connectivity index (χ0) is 25.6. The molecule has 2 aliphatic rings. The second kappa shape index (κ2) is 8.41. The van der Waals surface area contributed by atoms with Crippen LogP contribution in [0.25, 0.3) is 11.2 Å². The number of imidazole rings is 1. The number of halogens is 5. The monoisotopic (exact) mass is 530 g/mol. The third-order valence-electron chi connectivity index (χ3n) is 7.05. The van der Waals surface area contributed by atoms with Crippen molar-refractivity contribution in [2.45, 2.75) is 48.8 Å². The Kier molecular flexibility index (Phi) is 5.82. The summed E-state index contributed by atoms with van der Waals surface area (Å²) in [6.45, 7) is 2.25. The molecule has 0 radical (unpaired) electrons. The lowest BCUT2D eigenvalue weighted by atomic mass is 9.92. The topological polar surface area (TPSA) is 71.1 Å². The number of aromatic amines is 1. The van der Waals surface area contributed by atoms with Crippen LogP contribution in [0.3, 0.4) is 0 Å². The van der Waals surface area contributed by atoms with Crippen molar-refractivity contribution in [1.29, 1.82) is 0 Å². The normalized spacial score (nSPS) is 22.1. The van der Waals surface area contributed by atoms with Crippen molar-refractivity contribution in [3.05, 3.63) is 53.5 Å². The molecule has 2 saturated heterocycles. The van der Waals surface area contributed by atoms with E-state index < -0.39 is 21.0 Å². The number of pyridine rings is 1. The first-order valence-electron chi connectivity index (χ1n) is 11.9. The lowest BCUT2D eigenvalue weighted by Crippen LogP contribution is -2.32. The zero-order valence-electron chi connectivity index (χ0n) is 19.4. The molecular weight excluding hydrogens is 503 g/mol. The number of aromatic nitrogens is 3. The SMILES string of the molecule is O=C(c1ccc(S(F)(F)(F)(F)F)cc1)N1CCC[C@H](c2ccnc3nc(C4CCOCC4)[nH]c23)CC1. The Morgan fingerprint density at radius 2 is 1.67 bits per heavy atom. The van der Waals surface area contributed by atoms with Gasteiger partial charge in [0.25, 0.3) is 5.91 Å². The molecule has 2 fully saturated rings. The largest absolute Gasteiger partial charge is 0.381 e. The number of H-pyrrole nitrogens is 1. The Morgan fingerprint density at radius 1 is 0.944 bits per heavy atom. The van der Waals surface area contributed by atoms with Crippen molar-refractivity contribution < 1.29 is 29.0 Å². The molecule has 4 heterocycles. The van der Waals surface area contributed by atoms with Crippen LogP contribution in [0.1, 0.15) is 65.7 Å². The summed E-state index contributed by atoms with van der Waals surface area (Å²) in [4.78, 5) is 25.1. The van der Waals surface area contributed by atoms with Crippen LogP contribution < -0.4 is 0 Å². The lowest BCUT2D eigenvalue weighted by molar-refractivity contribution is 0.0760. The highest BCUT2D eigenvalue weighted by Gasteiger charge is 2.65. The summed E-state index contributed by atoms with van der Waals surface area (Å²) in [5, 5.41) is 0.